The highest BCUT2D eigenvalue weighted by Gasteiger charge is 2.34. The maximum absolute atomic E-state index is 12.5. The van der Waals surface area contributed by atoms with Crippen LogP contribution in [0.3, 0.4) is 0 Å². The van der Waals surface area contributed by atoms with Gasteiger partial charge in [0.05, 0.1) is 17.8 Å². The van der Waals surface area contributed by atoms with Crippen molar-refractivity contribution in [3.8, 4) is 5.75 Å². The number of hydrogen-bond acceptors (Lipinski definition) is 7. The molecule has 154 valence electrons. The molecule has 0 saturated carbocycles. The van der Waals surface area contributed by atoms with Crippen LogP contribution in [0.1, 0.15) is 12.5 Å². The van der Waals surface area contributed by atoms with Gasteiger partial charge in [0, 0.05) is 26.3 Å². The van der Waals surface area contributed by atoms with Crippen LogP contribution in [-0.2, 0) is 21.9 Å². The van der Waals surface area contributed by atoms with E-state index in [2.05, 4.69) is 9.71 Å². The monoisotopic (exact) mass is 436 g/mol. The zero-order chi connectivity index (χ0) is 21.0. The molecule has 2 amide bonds. The lowest BCUT2D eigenvalue weighted by Gasteiger charge is -2.12. The van der Waals surface area contributed by atoms with E-state index in [0.29, 0.717) is 6.61 Å². The van der Waals surface area contributed by atoms with Gasteiger partial charge in [-0.15, -0.1) is 0 Å². The van der Waals surface area contributed by atoms with Crippen molar-refractivity contribution in [3.63, 3.8) is 0 Å². The minimum atomic E-state index is -3.80. The first-order chi connectivity index (χ1) is 13.8. The molecule has 0 atom stereocenters. The van der Waals surface area contributed by atoms with Crippen molar-refractivity contribution < 1.29 is 22.7 Å². The van der Waals surface area contributed by atoms with Crippen LogP contribution in [0.5, 0.6) is 5.75 Å². The molecule has 0 aliphatic carbocycles. The summed E-state index contributed by atoms with van der Waals surface area (Å²) < 4.78 is 33.6. The van der Waals surface area contributed by atoms with Crippen LogP contribution in [0.25, 0.3) is 6.08 Å². The predicted molar refractivity (Wildman–Crippen MR) is 109 cm³/mol. The van der Waals surface area contributed by atoms with E-state index in [1.807, 2.05) is 6.92 Å². The maximum atomic E-state index is 12.5. The standard InChI is InChI=1S/C18H20N4O5S2/c1-3-27-14-6-4-13(5-7-14)10-15-17(23)22(18(24)28-15)9-8-20-29(25,26)16-11-21(2)12-19-16/h4-7,10-12,20H,3,8-9H2,1-2H3. The van der Waals surface area contributed by atoms with E-state index in [0.717, 1.165) is 28.0 Å². The molecule has 1 N–H and O–H groups in total. The average molecular weight is 437 g/mol. The molecule has 2 aromatic rings. The number of nitrogens with zero attached hydrogens (tertiary/aromatic N) is 3. The number of aryl methyl sites for hydroxylation is 1. The summed E-state index contributed by atoms with van der Waals surface area (Å²) in [5.41, 5.74) is 0.759. The summed E-state index contributed by atoms with van der Waals surface area (Å²) in [6, 6.07) is 7.15. The number of imidazole rings is 1. The van der Waals surface area contributed by atoms with Gasteiger partial charge in [-0.2, -0.15) is 0 Å². The van der Waals surface area contributed by atoms with Crippen molar-refractivity contribution in [3.05, 3.63) is 47.3 Å². The molecule has 1 fully saturated rings. The molecule has 0 bridgehead atoms. The summed E-state index contributed by atoms with van der Waals surface area (Å²) in [6.07, 6.45) is 4.36. The van der Waals surface area contributed by atoms with Crippen molar-refractivity contribution in [2.75, 3.05) is 19.7 Å². The van der Waals surface area contributed by atoms with Crippen LogP contribution in [-0.4, -0.2) is 53.7 Å². The van der Waals surface area contributed by atoms with Gasteiger partial charge in [-0.1, -0.05) is 12.1 Å². The van der Waals surface area contributed by atoms with Crippen LogP contribution >= 0.6 is 11.8 Å². The van der Waals surface area contributed by atoms with E-state index in [1.165, 1.54) is 17.1 Å². The summed E-state index contributed by atoms with van der Waals surface area (Å²) in [5.74, 6) is 0.267. The van der Waals surface area contributed by atoms with Crippen molar-refractivity contribution in [2.24, 2.45) is 7.05 Å². The molecular formula is C18H20N4O5S2. The first-order valence-corrected chi connectivity index (χ1v) is 11.1. The molecule has 2 heterocycles. The van der Waals surface area contributed by atoms with Gasteiger partial charge in [0.1, 0.15) is 5.75 Å². The topological polar surface area (TPSA) is 111 Å². The second kappa shape index (κ2) is 8.80. The Kier molecular flexibility index (Phi) is 6.40. The molecule has 9 nitrogen and oxygen atoms in total. The minimum absolute atomic E-state index is 0.0721. The second-order valence-corrected chi connectivity index (χ2v) is 8.82. The molecule has 0 unspecified atom stereocenters. The molecule has 1 saturated heterocycles. The van der Waals surface area contributed by atoms with Gasteiger partial charge in [-0.25, -0.2) is 18.1 Å². The van der Waals surface area contributed by atoms with Crippen molar-refractivity contribution >= 4 is 39.0 Å². The van der Waals surface area contributed by atoms with Crippen molar-refractivity contribution in [2.45, 2.75) is 11.9 Å². The lowest BCUT2D eigenvalue weighted by molar-refractivity contribution is -0.122. The Labute approximate surface area is 172 Å². The number of nitrogens with one attached hydrogen (secondary N) is 1. The quantitative estimate of drug-likeness (QED) is 0.629. The number of ether oxygens (including phenoxy) is 1. The first kappa shape index (κ1) is 21.1. The SMILES string of the molecule is CCOc1ccc(C=C2SC(=O)N(CCNS(=O)(=O)c3cn(C)cn3)C2=O)cc1. The highest BCUT2D eigenvalue weighted by Crippen LogP contribution is 2.32. The molecular weight excluding hydrogens is 416 g/mol. The number of carbonyl (C=O) groups excluding carboxylic acids is 2. The average Bonchev–Trinajstić information content (AvgIpc) is 3.23. The summed E-state index contributed by atoms with van der Waals surface area (Å²) >= 11 is 0.823. The number of amides is 2. The second-order valence-electron chi connectivity index (χ2n) is 6.11. The Morgan fingerprint density at radius 2 is 1.97 bits per heavy atom. The minimum Gasteiger partial charge on any atom is -0.494 e. The number of aromatic nitrogens is 2. The first-order valence-electron chi connectivity index (χ1n) is 8.76. The fourth-order valence-electron chi connectivity index (χ4n) is 2.56. The largest absolute Gasteiger partial charge is 0.494 e. The number of benzene rings is 1. The van der Waals surface area contributed by atoms with Crippen molar-refractivity contribution in [1.29, 1.82) is 0 Å². The van der Waals surface area contributed by atoms with Crippen LogP contribution in [0.4, 0.5) is 4.79 Å². The molecule has 11 heteroatoms. The van der Waals surface area contributed by atoms with E-state index >= 15 is 0 Å². The zero-order valence-electron chi connectivity index (χ0n) is 15.9. The van der Waals surface area contributed by atoms with Gasteiger partial charge >= 0.3 is 0 Å². The highest BCUT2D eigenvalue weighted by atomic mass is 32.2. The molecule has 3 rings (SSSR count). The van der Waals surface area contributed by atoms with E-state index in [9.17, 15) is 18.0 Å². The molecule has 0 spiro atoms. The Morgan fingerprint density at radius 1 is 1.24 bits per heavy atom. The smallest absolute Gasteiger partial charge is 0.293 e. The number of sulfonamides is 1. The molecule has 1 aliphatic rings. The Morgan fingerprint density at radius 3 is 2.59 bits per heavy atom. The Balaban J connectivity index is 1.61. The summed E-state index contributed by atoms with van der Waals surface area (Å²) in [7, 11) is -2.15. The number of rotatable bonds is 8. The van der Waals surface area contributed by atoms with E-state index in [4.69, 9.17) is 4.74 Å². The third-order valence-electron chi connectivity index (χ3n) is 3.95. The van der Waals surface area contributed by atoms with Crippen LogP contribution in [0.2, 0.25) is 0 Å². The number of thioether (sulfide) groups is 1. The summed E-state index contributed by atoms with van der Waals surface area (Å²) in [4.78, 5) is 29.8. The fourth-order valence-corrected chi connectivity index (χ4v) is 4.43. The van der Waals surface area contributed by atoms with Crippen molar-refractivity contribution in [1.82, 2.24) is 19.2 Å². The third-order valence-corrected chi connectivity index (χ3v) is 6.20. The van der Waals surface area contributed by atoms with Gasteiger partial charge in [-0.05, 0) is 42.5 Å². The van der Waals surface area contributed by atoms with E-state index in [-0.39, 0.29) is 23.0 Å². The normalized spacial score (nSPS) is 16.1. The van der Waals surface area contributed by atoms with Crippen LogP contribution in [0, 0.1) is 0 Å². The summed E-state index contributed by atoms with van der Waals surface area (Å²) in [6.45, 7) is 2.27. The maximum Gasteiger partial charge on any atom is 0.293 e. The number of imide groups is 1. The zero-order valence-corrected chi connectivity index (χ0v) is 17.5. The van der Waals surface area contributed by atoms with Gasteiger partial charge in [0.2, 0.25) is 0 Å². The molecule has 1 aromatic carbocycles. The highest BCUT2D eigenvalue weighted by molar-refractivity contribution is 8.18. The summed E-state index contributed by atoms with van der Waals surface area (Å²) in [5, 5.41) is -0.561. The predicted octanol–water partition coefficient (Wildman–Crippen LogP) is 1.83. The molecule has 1 aliphatic heterocycles. The number of carbonyl (C=O) groups is 2. The molecule has 1 aromatic heterocycles. The van der Waals surface area contributed by atoms with E-state index in [1.54, 1.807) is 37.4 Å². The van der Waals surface area contributed by atoms with Gasteiger partial charge in [0.15, 0.2) is 5.03 Å². The van der Waals surface area contributed by atoms with Crippen LogP contribution < -0.4 is 9.46 Å². The number of hydrogen-bond donors (Lipinski definition) is 1. The fraction of sp³-hybridized carbons (Fsp3) is 0.278. The lowest BCUT2D eigenvalue weighted by Crippen LogP contribution is -2.37. The Hall–Kier alpha value is -2.63. The Bertz CT molecular complexity index is 1040. The molecule has 0 radical (unpaired) electrons. The van der Waals surface area contributed by atoms with Gasteiger partial charge in [0.25, 0.3) is 21.2 Å². The lowest BCUT2D eigenvalue weighted by atomic mass is 10.2. The molecule has 29 heavy (non-hydrogen) atoms. The third kappa shape index (κ3) is 5.05. The van der Waals surface area contributed by atoms with E-state index < -0.39 is 21.2 Å². The van der Waals surface area contributed by atoms with Gasteiger partial charge < -0.3 is 9.30 Å². The van der Waals surface area contributed by atoms with Gasteiger partial charge in [-0.3, -0.25) is 14.5 Å². The van der Waals surface area contributed by atoms with Crippen LogP contribution in [0.15, 0.2) is 46.7 Å².